The van der Waals surface area contributed by atoms with Gasteiger partial charge in [-0.2, -0.15) is 0 Å². The van der Waals surface area contributed by atoms with Gasteiger partial charge in [-0.1, -0.05) is 26.7 Å². The topological polar surface area (TPSA) is 113 Å². The van der Waals surface area contributed by atoms with E-state index in [-0.39, 0.29) is 24.0 Å². The zero-order valence-corrected chi connectivity index (χ0v) is 13.3. The number of nitrogens with one attached hydrogen (secondary N) is 2. The van der Waals surface area contributed by atoms with Gasteiger partial charge in [0.25, 0.3) is 0 Å². The summed E-state index contributed by atoms with van der Waals surface area (Å²) in [6, 6.07) is -0.627. The molecule has 0 heterocycles. The zero-order chi connectivity index (χ0) is 16.1. The van der Waals surface area contributed by atoms with Gasteiger partial charge in [0.15, 0.2) is 9.84 Å². The molecule has 1 saturated carbocycles. The van der Waals surface area contributed by atoms with Crippen molar-refractivity contribution in [3.8, 4) is 0 Å². The van der Waals surface area contributed by atoms with E-state index in [1.807, 2.05) is 6.92 Å². The van der Waals surface area contributed by atoms with Gasteiger partial charge in [0.05, 0.1) is 5.75 Å². The van der Waals surface area contributed by atoms with Crippen LogP contribution >= 0.6 is 0 Å². The number of urea groups is 1. The molecular weight excluding hydrogens is 296 g/mol. The third kappa shape index (κ3) is 4.59. The van der Waals surface area contributed by atoms with Gasteiger partial charge in [0.2, 0.25) is 0 Å². The van der Waals surface area contributed by atoms with E-state index < -0.39 is 27.4 Å². The van der Waals surface area contributed by atoms with Crippen LogP contribution in [-0.4, -0.2) is 49.1 Å². The molecule has 0 aromatic heterocycles. The van der Waals surface area contributed by atoms with Crippen LogP contribution in [0.2, 0.25) is 0 Å². The number of carbonyl (C=O) groups excluding carboxylic acids is 1. The Bertz CT molecular complexity index is 491. The smallest absolute Gasteiger partial charge is 0.329 e. The van der Waals surface area contributed by atoms with Crippen LogP contribution in [0.5, 0.6) is 0 Å². The monoisotopic (exact) mass is 320 g/mol. The van der Waals surface area contributed by atoms with E-state index in [4.69, 9.17) is 0 Å². The number of hydrogen-bond donors (Lipinski definition) is 3. The lowest BCUT2D eigenvalue weighted by Crippen LogP contribution is -2.62. The Hall–Kier alpha value is -1.31. The van der Waals surface area contributed by atoms with Gasteiger partial charge >= 0.3 is 12.0 Å². The number of rotatable bonds is 6. The van der Waals surface area contributed by atoms with E-state index in [0.717, 1.165) is 19.3 Å². The maximum absolute atomic E-state index is 11.9. The molecule has 0 aromatic rings. The van der Waals surface area contributed by atoms with Gasteiger partial charge in [0, 0.05) is 12.3 Å². The summed E-state index contributed by atoms with van der Waals surface area (Å²) in [6.45, 7) is 3.33. The lowest BCUT2D eigenvalue weighted by atomic mass is 9.73. The minimum atomic E-state index is -3.15. The summed E-state index contributed by atoms with van der Waals surface area (Å²) in [5.41, 5.74) is -1.26. The summed E-state index contributed by atoms with van der Waals surface area (Å²) in [5.74, 6) is -1.32. The van der Waals surface area contributed by atoms with Gasteiger partial charge in [0.1, 0.15) is 5.54 Å². The van der Waals surface area contributed by atoms with E-state index >= 15 is 0 Å². The zero-order valence-electron chi connectivity index (χ0n) is 12.5. The second-order valence-corrected chi connectivity index (χ2v) is 8.01. The lowest BCUT2D eigenvalue weighted by Gasteiger charge is -2.39. The molecule has 8 heteroatoms. The summed E-state index contributed by atoms with van der Waals surface area (Å²) < 4.78 is 22.7. The Morgan fingerprint density at radius 2 is 2.00 bits per heavy atom. The molecule has 0 radical (unpaired) electrons. The number of amides is 2. The molecule has 21 heavy (non-hydrogen) atoms. The van der Waals surface area contributed by atoms with Crippen LogP contribution < -0.4 is 10.6 Å². The molecule has 2 atom stereocenters. The van der Waals surface area contributed by atoms with Crippen LogP contribution in [0.4, 0.5) is 4.79 Å². The van der Waals surface area contributed by atoms with Crippen molar-refractivity contribution in [1.29, 1.82) is 0 Å². The molecule has 1 aliphatic rings. The van der Waals surface area contributed by atoms with Crippen molar-refractivity contribution in [1.82, 2.24) is 10.6 Å². The molecule has 0 bridgehead atoms. The molecule has 7 nitrogen and oxygen atoms in total. The fourth-order valence-electron chi connectivity index (χ4n) is 2.62. The minimum Gasteiger partial charge on any atom is -0.479 e. The SMILES string of the molecule is CCS(=O)(=O)CCNC(=O)NC1(C(=O)O)CCCCC1C. The van der Waals surface area contributed by atoms with Gasteiger partial charge in [-0.3, -0.25) is 0 Å². The first-order valence-electron chi connectivity index (χ1n) is 7.23. The Kier molecular flexibility index (Phi) is 6.00. The van der Waals surface area contributed by atoms with Crippen LogP contribution in [0.25, 0.3) is 0 Å². The number of hydrogen-bond acceptors (Lipinski definition) is 4. The standard InChI is InChI=1S/C13H24N2O5S/c1-3-21(19,20)9-8-14-12(18)15-13(11(16)17)7-5-4-6-10(13)2/h10H,3-9H2,1-2H3,(H,16,17)(H2,14,15,18). The molecule has 3 N–H and O–H groups in total. The normalized spacial score (nSPS) is 26.1. The highest BCUT2D eigenvalue weighted by molar-refractivity contribution is 7.91. The summed E-state index contributed by atoms with van der Waals surface area (Å²) >= 11 is 0. The van der Waals surface area contributed by atoms with Gasteiger partial charge < -0.3 is 15.7 Å². The molecule has 0 saturated heterocycles. The number of carboxylic acids is 1. The minimum absolute atomic E-state index is 0.0202. The van der Waals surface area contributed by atoms with Crippen molar-refractivity contribution < 1.29 is 23.1 Å². The number of aliphatic carboxylic acids is 1. The summed E-state index contributed by atoms with van der Waals surface area (Å²) in [6.07, 6.45) is 2.84. The molecular formula is C13H24N2O5S. The average molecular weight is 320 g/mol. The molecule has 1 rings (SSSR count). The van der Waals surface area contributed by atoms with E-state index in [1.54, 1.807) is 6.92 Å². The van der Waals surface area contributed by atoms with Crippen molar-refractivity contribution in [2.24, 2.45) is 5.92 Å². The number of carboxylic acid groups (broad SMARTS) is 1. The van der Waals surface area contributed by atoms with E-state index in [0.29, 0.717) is 6.42 Å². The maximum atomic E-state index is 11.9. The van der Waals surface area contributed by atoms with Gasteiger partial charge in [-0.25, -0.2) is 18.0 Å². The van der Waals surface area contributed by atoms with Crippen LogP contribution in [0.1, 0.15) is 39.5 Å². The highest BCUT2D eigenvalue weighted by Gasteiger charge is 2.46. The average Bonchev–Trinajstić information content (AvgIpc) is 2.41. The largest absolute Gasteiger partial charge is 0.479 e. The fourth-order valence-corrected chi connectivity index (χ4v) is 3.32. The second-order valence-electron chi connectivity index (χ2n) is 5.54. The van der Waals surface area contributed by atoms with Crippen LogP contribution in [0.15, 0.2) is 0 Å². The quantitative estimate of drug-likeness (QED) is 0.668. The van der Waals surface area contributed by atoms with Gasteiger partial charge in [-0.15, -0.1) is 0 Å². The Labute approximate surface area is 125 Å². The number of carbonyl (C=O) groups is 2. The third-order valence-electron chi connectivity index (χ3n) is 4.16. The predicted octanol–water partition coefficient (Wildman–Crippen LogP) is 0.754. The van der Waals surface area contributed by atoms with E-state index in [2.05, 4.69) is 10.6 Å². The molecule has 0 spiro atoms. The highest BCUT2D eigenvalue weighted by Crippen LogP contribution is 2.33. The van der Waals surface area contributed by atoms with Crippen LogP contribution in [0, 0.1) is 5.92 Å². The third-order valence-corrected chi connectivity index (χ3v) is 5.86. The number of sulfone groups is 1. The molecule has 2 unspecified atom stereocenters. The summed E-state index contributed by atoms with van der Waals surface area (Å²) in [4.78, 5) is 23.4. The molecule has 0 aliphatic heterocycles. The Balaban J connectivity index is 2.60. The summed E-state index contributed by atoms with van der Waals surface area (Å²) in [7, 11) is -3.15. The van der Waals surface area contributed by atoms with Crippen molar-refractivity contribution >= 4 is 21.8 Å². The first-order chi connectivity index (χ1) is 9.73. The van der Waals surface area contributed by atoms with E-state index in [1.165, 1.54) is 0 Å². The van der Waals surface area contributed by atoms with Crippen molar-refractivity contribution in [3.63, 3.8) is 0 Å². The molecule has 1 fully saturated rings. The van der Waals surface area contributed by atoms with E-state index in [9.17, 15) is 23.1 Å². The molecule has 1 aliphatic carbocycles. The van der Waals surface area contributed by atoms with Crippen LogP contribution in [0.3, 0.4) is 0 Å². The van der Waals surface area contributed by atoms with Gasteiger partial charge in [-0.05, 0) is 18.8 Å². The fraction of sp³-hybridized carbons (Fsp3) is 0.846. The Morgan fingerprint density at radius 3 is 2.52 bits per heavy atom. The van der Waals surface area contributed by atoms with Crippen molar-refractivity contribution in [3.05, 3.63) is 0 Å². The van der Waals surface area contributed by atoms with Crippen molar-refractivity contribution in [2.45, 2.75) is 45.1 Å². The lowest BCUT2D eigenvalue weighted by molar-refractivity contribution is -0.148. The summed E-state index contributed by atoms with van der Waals surface area (Å²) in [5, 5.41) is 14.4. The van der Waals surface area contributed by atoms with Crippen molar-refractivity contribution in [2.75, 3.05) is 18.1 Å². The maximum Gasteiger partial charge on any atom is 0.329 e. The molecule has 0 aromatic carbocycles. The Morgan fingerprint density at radius 1 is 1.33 bits per heavy atom. The second kappa shape index (κ2) is 7.11. The highest BCUT2D eigenvalue weighted by atomic mass is 32.2. The molecule has 122 valence electrons. The van der Waals surface area contributed by atoms with Crippen LogP contribution in [-0.2, 0) is 14.6 Å². The first-order valence-corrected chi connectivity index (χ1v) is 9.05. The predicted molar refractivity (Wildman–Crippen MR) is 78.9 cm³/mol. The first kappa shape index (κ1) is 17.7. The molecule has 2 amide bonds.